The highest BCUT2D eigenvalue weighted by Crippen LogP contribution is 2.39. The van der Waals surface area contributed by atoms with Gasteiger partial charge in [0.2, 0.25) is 0 Å². The standard InChI is InChI=1S/C21H28N4O2/c1-22-18(14-17-4-3-7-23-15-17)16-24-8-10-25(11-9-24)19-5-2-6-20-21(19)27-13-12-26-20/h2-7,15,18,22H,8-14,16H2,1H3. The van der Waals surface area contributed by atoms with E-state index in [-0.39, 0.29) is 0 Å². The number of anilines is 1. The molecule has 1 N–H and O–H groups in total. The molecule has 1 saturated heterocycles. The highest BCUT2D eigenvalue weighted by molar-refractivity contribution is 5.65. The van der Waals surface area contributed by atoms with E-state index in [1.54, 1.807) is 0 Å². The van der Waals surface area contributed by atoms with Crippen molar-refractivity contribution in [3.05, 3.63) is 48.3 Å². The van der Waals surface area contributed by atoms with Crippen molar-refractivity contribution >= 4 is 5.69 Å². The van der Waals surface area contributed by atoms with E-state index in [0.29, 0.717) is 19.3 Å². The normalized spacial score (nSPS) is 18.3. The zero-order chi connectivity index (χ0) is 18.5. The van der Waals surface area contributed by atoms with Crippen molar-refractivity contribution in [2.45, 2.75) is 12.5 Å². The summed E-state index contributed by atoms with van der Waals surface area (Å²) < 4.78 is 11.6. The summed E-state index contributed by atoms with van der Waals surface area (Å²) in [5.41, 5.74) is 2.44. The van der Waals surface area contributed by atoms with Gasteiger partial charge in [-0.15, -0.1) is 0 Å². The first-order valence-electron chi connectivity index (χ1n) is 9.75. The van der Waals surface area contributed by atoms with Crippen LogP contribution >= 0.6 is 0 Å². The molecule has 0 amide bonds. The predicted molar refractivity (Wildman–Crippen MR) is 107 cm³/mol. The smallest absolute Gasteiger partial charge is 0.184 e. The van der Waals surface area contributed by atoms with Gasteiger partial charge in [-0.05, 0) is 37.2 Å². The number of benzene rings is 1. The summed E-state index contributed by atoms with van der Waals surface area (Å²) in [6.45, 7) is 6.41. The van der Waals surface area contributed by atoms with Crippen LogP contribution in [0.4, 0.5) is 5.69 Å². The van der Waals surface area contributed by atoms with Gasteiger partial charge in [0, 0.05) is 51.2 Å². The summed E-state index contributed by atoms with van der Waals surface area (Å²) in [6.07, 6.45) is 4.79. The first kappa shape index (κ1) is 18.1. The Balaban J connectivity index is 1.34. The molecule has 2 aliphatic heterocycles. The Morgan fingerprint density at radius 1 is 1.07 bits per heavy atom. The van der Waals surface area contributed by atoms with Crippen LogP contribution in [0.1, 0.15) is 5.56 Å². The lowest BCUT2D eigenvalue weighted by Gasteiger charge is -2.38. The summed E-state index contributed by atoms with van der Waals surface area (Å²) in [5, 5.41) is 3.46. The van der Waals surface area contributed by atoms with Crippen LogP contribution in [0.5, 0.6) is 11.5 Å². The number of pyridine rings is 1. The SMILES string of the molecule is CNC(Cc1cccnc1)CN1CCN(c2cccc3c2OCCO3)CC1. The molecule has 0 saturated carbocycles. The number of para-hydroxylation sites is 1. The van der Waals surface area contributed by atoms with Gasteiger partial charge in [-0.1, -0.05) is 12.1 Å². The van der Waals surface area contributed by atoms with Crippen molar-refractivity contribution in [1.82, 2.24) is 15.2 Å². The van der Waals surface area contributed by atoms with Gasteiger partial charge in [0.15, 0.2) is 11.5 Å². The van der Waals surface area contributed by atoms with Gasteiger partial charge in [-0.3, -0.25) is 9.88 Å². The second kappa shape index (κ2) is 8.59. The Morgan fingerprint density at radius 2 is 1.93 bits per heavy atom. The second-order valence-electron chi connectivity index (χ2n) is 7.14. The van der Waals surface area contributed by atoms with Crippen molar-refractivity contribution in [2.75, 3.05) is 57.9 Å². The van der Waals surface area contributed by atoms with Crippen molar-refractivity contribution in [2.24, 2.45) is 0 Å². The number of piperazine rings is 1. The Hall–Kier alpha value is -2.31. The van der Waals surface area contributed by atoms with E-state index >= 15 is 0 Å². The fraction of sp³-hybridized carbons (Fsp3) is 0.476. The van der Waals surface area contributed by atoms with E-state index in [9.17, 15) is 0 Å². The lowest BCUT2D eigenvalue weighted by Crippen LogP contribution is -2.51. The Bertz CT molecular complexity index is 732. The van der Waals surface area contributed by atoms with E-state index < -0.39 is 0 Å². The molecule has 6 nitrogen and oxygen atoms in total. The molecule has 1 aromatic heterocycles. The number of hydrogen-bond acceptors (Lipinski definition) is 6. The average molecular weight is 368 g/mol. The molecule has 27 heavy (non-hydrogen) atoms. The molecule has 0 spiro atoms. The fourth-order valence-corrected chi connectivity index (χ4v) is 3.85. The van der Waals surface area contributed by atoms with Crippen molar-refractivity contribution in [1.29, 1.82) is 0 Å². The van der Waals surface area contributed by atoms with E-state index in [1.807, 2.05) is 31.6 Å². The molecule has 0 aliphatic carbocycles. The molecular formula is C21H28N4O2. The number of fused-ring (bicyclic) bond motifs is 1. The Labute approximate surface area is 161 Å². The molecule has 6 heteroatoms. The van der Waals surface area contributed by atoms with Crippen LogP contribution in [0, 0.1) is 0 Å². The number of nitrogens with zero attached hydrogens (tertiary/aromatic N) is 3. The highest BCUT2D eigenvalue weighted by atomic mass is 16.6. The number of nitrogens with one attached hydrogen (secondary N) is 1. The number of ether oxygens (including phenoxy) is 2. The van der Waals surface area contributed by atoms with Gasteiger partial charge < -0.3 is 19.7 Å². The molecule has 1 fully saturated rings. The van der Waals surface area contributed by atoms with E-state index in [1.165, 1.54) is 5.56 Å². The summed E-state index contributed by atoms with van der Waals surface area (Å²) >= 11 is 0. The number of rotatable bonds is 6. The van der Waals surface area contributed by atoms with Gasteiger partial charge in [0.1, 0.15) is 13.2 Å². The van der Waals surface area contributed by atoms with Crippen molar-refractivity contribution in [3.8, 4) is 11.5 Å². The maximum absolute atomic E-state index is 5.89. The first-order valence-corrected chi connectivity index (χ1v) is 9.75. The molecule has 2 aromatic rings. The largest absolute Gasteiger partial charge is 0.486 e. The van der Waals surface area contributed by atoms with Crippen LogP contribution in [-0.2, 0) is 6.42 Å². The molecule has 144 valence electrons. The van der Waals surface area contributed by atoms with Crippen molar-refractivity contribution in [3.63, 3.8) is 0 Å². The Kier molecular flexibility index (Phi) is 5.75. The lowest BCUT2D eigenvalue weighted by atomic mass is 10.1. The van der Waals surface area contributed by atoms with Gasteiger partial charge >= 0.3 is 0 Å². The minimum atomic E-state index is 0.432. The van der Waals surface area contributed by atoms with E-state index in [0.717, 1.165) is 56.3 Å². The zero-order valence-corrected chi connectivity index (χ0v) is 15.9. The third kappa shape index (κ3) is 4.34. The molecule has 3 heterocycles. The molecule has 4 rings (SSSR count). The monoisotopic (exact) mass is 368 g/mol. The quantitative estimate of drug-likeness (QED) is 0.839. The van der Waals surface area contributed by atoms with Gasteiger partial charge in [0.25, 0.3) is 0 Å². The lowest BCUT2D eigenvalue weighted by molar-refractivity contribution is 0.171. The van der Waals surface area contributed by atoms with Crippen LogP contribution in [0.25, 0.3) is 0 Å². The van der Waals surface area contributed by atoms with Gasteiger partial charge in [-0.2, -0.15) is 0 Å². The third-order valence-corrected chi connectivity index (χ3v) is 5.35. The fourth-order valence-electron chi connectivity index (χ4n) is 3.85. The van der Waals surface area contributed by atoms with Crippen LogP contribution in [0.2, 0.25) is 0 Å². The maximum atomic E-state index is 5.89. The highest BCUT2D eigenvalue weighted by Gasteiger charge is 2.24. The first-order chi connectivity index (χ1) is 13.3. The van der Waals surface area contributed by atoms with E-state index in [4.69, 9.17) is 9.47 Å². The number of aromatic nitrogens is 1. The van der Waals surface area contributed by atoms with Crippen LogP contribution in [0.15, 0.2) is 42.7 Å². The topological polar surface area (TPSA) is 49.9 Å². The summed E-state index contributed by atoms with van der Waals surface area (Å²) in [4.78, 5) is 9.19. The zero-order valence-electron chi connectivity index (χ0n) is 15.9. The van der Waals surface area contributed by atoms with E-state index in [2.05, 4.69) is 38.3 Å². The molecule has 1 aromatic carbocycles. The van der Waals surface area contributed by atoms with Crippen LogP contribution in [-0.4, -0.2) is 68.9 Å². The third-order valence-electron chi connectivity index (χ3n) is 5.35. The molecule has 1 unspecified atom stereocenters. The molecule has 0 bridgehead atoms. The summed E-state index contributed by atoms with van der Waals surface area (Å²) in [7, 11) is 2.05. The second-order valence-corrected chi connectivity index (χ2v) is 7.14. The summed E-state index contributed by atoms with van der Waals surface area (Å²) in [5.74, 6) is 1.77. The number of likely N-dealkylation sites (N-methyl/N-ethyl adjacent to an activating group) is 1. The minimum Gasteiger partial charge on any atom is -0.486 e. The van der Waals surface area contributed by atoms with Crippen LogP contribution < -0.4 is 19.7 Å². The average Bonchev–Trinajstić information content (AvgIpc) is 2.74. The molecular weight excluding hydrogens is 340 g/mol. The van der Waals surface area contributed by atoms with Gasteiger partial charge in [0.05, 0.1) is 5.69 Å². The van der Waals surface area contributed by atoms with Crippen LogP contribution in [0.3, 0.4) is 0 Å². The molecule has 2 aliphatic rings. The van der Waals surface area contributed by atoms with Crippen molar-refractivity contribution < 1.29 is 9.47 Å². The maximum Gasteiger partial charge on any atom is 0.184 e. The number of hydrogen-bond donors (Lipinski definition) is 1. The van der Waals surface area contributed by atoms with Gasteiger partial charge in [-0.25, -0.2) is 0 Å². The predicted octanol–water partition coefficient (Wildman–Crippen LogP) is 1.81. The molecule has 0 radical (unpaired) electrons. The minimum absolute atomic E-state index is 0.432. The summed E-state index contributed by atoms with van der Waals surface area (Å²) in [6, 6.07) is 10.8. The molecule has 1 atom stereocenters. The Morgan fingerprint density at radius 3 is 2.70 bits per heavy atom.